The van der Waals surface area contributed by atoms with E-state index in [1.807, 2.05) is 6.92 Å². The summed E-state index contributed by atoms with van der Waals surface area (Å²) in [5.41, 5.74) is 0. The lowest BCUT2D eigenvalue weighted by Gasteiger charge is -2.37. The summed E-state index contributed by atoms with van der Waals surface area (Å²) in [4.78, 5) is 49.4. The summed E-state index contributed by atoms with van der Waals surface area (Å²) in [5, 5.41) is 11.1. The van der Waals surface area contributed by atoms with Gasteiger partial charge in [-0.05, 0) is 13.3 Å². The van der Waals surface area contributed by atoms with Crippen LogP contribution < -0.4 is 5.32 Å². The number of hydrogen-bond donors (Lipinski definition) is 2. The van der Waals surface area contributed by atoms with Gasteiger partial charge in [0.1, 0.15) is 18.6 Å². The summed E-state index contributed by atoms with van der Waals surface area (Å²) in [5.74, 6) is -1.88. The molecular formula is C12H17N3O5S. The summed E-state index contributed by atoms with van der Waals surface area (Å²) in [6.07, 6.45) is 0.600. The molecule has 2 aliphatic rings. The molecule has 0 saturated carbocycles. The van der Waals surface area contributed by atoms with Crippen molar-refractivity contribution in [3.8, 4) is 0 Å². The van der Waals surface area contributed by atoms with Crippen molar-refractivity contribution < 1.29 is 24.3 Å². The molecule has 3 atom stereocenters. The van der Waals surface area contributed by atoms with Gasteiger partial charge in [-0.25, -0.2) is 9.59 Å². The number of urea groups is 1. The quantitative estimate of drug-likeness (QED) is 0.677. The number of amides is 4. The lowest BCUT2D eigenvalue weighted by Crippen LogP contribution is -2.63. The fourth-order valence-corrected chi connectivity index (χ4v) is 3.76. The Morgan fingerprint density at radius 1 is 1.43 bits per heavy atom. The van der Waals surface area contributed by atoms with Crippen LogP contribution in [0.2, 0.25) is 0 Å². The minimum Gasteiger partial charge on any atom is -0.480 e. The van der Waals surface area contributed by atoms with Crippen molar-refractivity contribution in [2.75, 3.05) is 12.3 Å². The van der Waals surface area contributed by atoms with Crippen LogP contribution in [0.25, 0.3) is 0 Å². The number of thioether (sulfide) groups is 1. The molecule has 2 N–H and O–H groups in total. The molecule has 2 aliphatic heterocycles. The van der Waals surface area contributed by atoms with E-state index in [0.29, 0.717) is 12.2 Å². The Labute approximate surface area is 125 Å². The van der Waals surface area contributed by atoms with Crippen molar-refractivity contribution in [3.63, 3.8) is 0 Å². The van der Waals surface area contributed by atoms with E-state index in [-0.39, 0.29) is 11.9 Å². The zero-order valence-corrected chi connectivity index (χ0v) is 12.6. The SMILES string of the molecule is CCC1SCC(C(=O)O)N1C(=O)N1CC(=O)NC(=O)C1C. The average molecular weight is 315 g/mol. The highest BCUT2D eigenvalue weighted by molar-refractivity contribution is 8.00. The van der Waals surface area contributed by atoms with Crippen LogP contribution in [-0.4, -0.2) is 68.5 Å². The zero-order chi connectivity index (χ0) is 15.7. The van der Waals surface area contributed by atoms with Crippen molar-refractivity contribution in [1.82, 2.24) is 15.1 Å². The Balaban J connectivity index is 2.25. The van der Waals surface area contributed by atoms with Gasteiger partial charge in [0.15, 0.2) is 0 Å². The normalized spacial score (nSPS) is 29.5. The number of carbonyl (C=O) groups is 4. The predicted octanol–water partition coefficient (Wildman–Crippen LogP) is -0.309. The Morgan fingerprint density at radius 2 is 2.10 bits per heavy atom. The monoisotopic (exact) mass is 315 g/mol. The largest absolute Gasteiger partial charge is 0.480 e. The third-order valence-electron chi connectivity index (χ3n) is 3.62. The first kappa shape index (κ1) is 15.6. The molecule has 2 fully saturated rings. The van der Waals surface area contributed by atoms with E-state index in [2.05, 4.69) is 5.32 Å². The van der Waals surface area contributed by atoms with Crippen molar-refractivity contribution in [2.24, 2.45) is 0 Å². The van der Waals surface area contributed by atoms with E-state index in [1.165, 1.54) is 23.6 Å². The van der Waals surface area contributed by atoms with Crippen molar-refractivity contribution in [1.29, 1.82) is 0 Å². The van der Waals surface area contributed by atoms with Gasteiger partial charge in [-0.2, -0.15) is 0 Å². The summed E-state index contributed by atoms with van der Waals surface area (Å²) in [7, 11) is 0. The number of aliphatic carboxylic acids is 1. The van der Waals surface area contributed by atoms with Gasteiger partial charge in [0.2, 0.25) is 11.8 Å². The molecule has 3 unspecified atom stereocenters. The fraction of sp³-hybridized carbons (Fsp3) is 0.667. The van der Waals surface area contributed by atoms with Crippen LogP contribution in [0.5, 0.6) is 0 Å². The maximum absolute atomic E-state index is 12.6. The lowest BCUT2D eigenvalue weighted by molar-refractivity contribution is -0.141. The van der Waals surface area contributed by atoms with Crippen molar-refractivity contribution in [3.05, 3.63) is 0 Å². The summed E-state index contributed by atoms with van der Waals surface area (Å²) in [6, 6.07) is -2.30. The van der Waals surface area contributed by atoms with Gasteiger partial charge >= 0.3 is 12.0 Å². The van der Waals surface area contributed by atoms with Gasteiger partial charge in [-0.3, -0.25) is 19.8 Å². The molecule has 0 aromatic carbocycles. The van der Waals surface area contributed by atoms with E-state index in [9.17, 15) is 24.3 Å². The lowest BCUT2D eigenvalue weighted by atomic mass is 10.2. The standard InChI is InChI=1S/C12H17N3O5S/c1-3-9-15(7(5-21-9)11(18)19)12(20)14-4-8(16)13-10(17)6(14)2/h6-7,9H,3-5H2,1-2H3,(H,18,19)(H,13,16,17). The first-order valence-corrected chi connectivity index (χ1v) is 7.68. The highest BCUT2D eigenvalue weighted by Gasteiger charge is 2.45. The van der Waals surface area contributed by atoms with Crippen LogP contribution in [0.4, 0.5) is 4.79 Å². The number of piperazine rings is 1. The molecule has 2 saturated heterocycles. The summed E-state index contributed by atoms with van der Waals surface area (Å²) >= 11 is 1.39. The van der Waals surface area contributed by atoms with Gasteiger partial charge in [-0.15, -0.1) is 11.8 Å². The van der Waals surface area contributed by atoms with Crippen LogP contribution in [0.15, 0.2) is 0 Å². The van der Waals surface area contributed by atoms with Gasteiger partial charge in [0.25, 0.3) is 0 Å². The molecule has 0 aromatic heterocycles. The number of hydrogen-bond acceptors (Lipinski definition) is 5. The molecule has 8 nitrogen and oxygen atoms in total. The van der Waals surface area contributed by atoms with Gasteiger partial charge in [0.05, 0.1) is 5.37 Å². The number of imide groups is 1. The number of nitrogens with one attached hydrogen (secondary N) is 1. The van der Waals surface area contributed by atoms with Crippen LogP contribution >= 0.6 is 11.8 Å². The highest BCUT2D eigenvalue weighted by atomic mass is 32.2. The average Bonchev–Trinajstić information content (AvgIpc) is 2.86. The van der Waals surface area contributed by atoms with Crippen LogP contribution in [-0.2, 0) is 14.4 Å². The molecule has 9 heteroatoms. The molecule has 4 amide bonds. The molecule has 2 heterocycles. The smallest absolute Gasteiger partial charge is 0.327 e. The topological polar surface area (TPSA) is 107 Å². The Bertz CT molecular complexity index is 497. The predicted molar refractivity (Wildman–Crippen MR) is 74.5 cm³/mol. The highest BCUT2D eigenvalue weighted by Crippen LogP contribution is 2.32. The maximum atomic E-state index is 12.6. The second kappa shape index (κ2) is 5.92. The molecule has 0 radical (unpaired) electrons. The number of rotatable bonds is 2. The number of carboxylic acids is 1. The summed E-state index contributed by atoms with van der Waals surface area (Å²) < 4.78 is 0. The van der Waals surface area contributed by atoms with Gasteiger partial charge in [0, 0.05) is 5.75 Å². The first-order valence-electron chi connectivity index (χ1n) is 6.63. The van der Waals surface area contributed by atoms with E-state index < -0.39 is 35.9 Å². The summed E-state index contributed by atoms with van der Waals surface area (Å²) in [6.45, 7) is 3.13. The molecule has 0 aromatic rings. The Hall–Kier alpha value is -1.77. The number of carboxylic acid groups (broad SMARTS) is 1. The fourth-order valence-electron chi connectivity index (χ4n) is 2.42. The van der Waals surface area contributed by atoms with Gasteiger partial charge < -0.3 is 10.0 Å². The third kappa shape index (κ3) is 2.82. The first-order chi connectivity index (χ1) is 9.86. The van der Waals surface area contributed by atoms with Crippen molar-refractivity contribution in [2.45, 2.75) is 37.7 Å². The van der Waals surface area contributed by atoms with Gasteiger partial charge in [-0.1, -0.05) is 6.92 Å². The Morgan fingerprint density at radius 3 is 2.67 bits per heavy atom. The molecule has 0 bridgehead atoms. The van der Waals surface area contributed by atoms with Crippen LogP contribution in [0, 0.1) is 0 Å². The second-order valence-corrected chi connectivity index (χ2v) is 6.17. The van der Waals surface area contributed by atoms with Crippen molar-refractivity contribution >= 4 is 35.6 Å². The van der Waals surface area contributed by atoms with Crippen LogP contribution in [0.1, 0.15) is 20.3 Å². The molecule has 0 aliphatic carbocycles. The minimum absolute atomic E-state index is 0.240. The molecule has 21 heavy (non-hydrogen) atoms. The van der Waals surface area contributed by atoms with E-state index >= 15 is 0 Å². The molecule has 2 rings (SSSR count). The molecule has 116 valence electrons. The molecule has 0 spiro atoms. The maximum Gasteiger partial charge on any atom is 0.327 e. The third-order valence-corrected chi connectivity index (χ3v) is 5.07. The molecular weight excluding hydrogens is 298 g/mol. The van der Waals surface area contributed by atoms with E-state index in [1.54, 1.807) is 0 Å². The minimum atomic E-state index is -1.08. The number of carbonyl (C=O) groups excluding carboxylic acids is 3. The van der Waals surface area contributed by atoms with E-state index in [4.69, 9.17) is 0 Å². The Kier molecular flexibility index (Phi) is 4.40. The van der Waals surface area contributed by atoms with Crippen LogP contribution in [0.3, 0.4) is 0 Å². The zero-order valence-electron chi connectivity index (χ0n) is 11.7. The second-order valence-electron chi connectivity index (χ2n) is 4.96. The number of nitrogens with zero attached hydrogens (tertiary/aromatic N) is 2. The van der Waals surface area contributed by atoms with E-state index in [0.717, 1.165) is 4.90 Å².